The first-order valence-electron chi connectivity index (χ1n) is 7.34. The molecule has 0 radical (unpaired) electrons. The van der Waals surface area contributed by atoms with Crippen molar-refractivity contribution in [2.75, 3.05) is 17.6 Å². The molecule has 1 aliphatic rings. The maximum absolute atomic E-state index is 11.8. The first kappa shape index (κ1) is 18.1. The fourth-order valence-electron chi connectivity index (χ4n) is 2.45. The number of benzene rings is 1. The van der Waals surface area contributed by atoms with Gasteiger partial charge in [-0.1, -0.05) is 31.4 Å². The van der Waals surface area contributed by atoms with Crippen molar-refractivity contribution in [3.05, 3.63) is 24.3 Å². The number of hydrogen-bond acceptors (Lipinski definition) is 3. The van der Waals surface area contributed by atoms with Crippen LogP contribution < -0.4 is 21.7 Å². The Morgan fingerprint density at radius 1 is 1.14 bits per heavy atom. The van der Waals surface area contributed by atoms with Gasteiger partial charge in [0.15, 0.2) is 0 Å². The van der Waals surface area contributed by atoms with Crippen LogP contribution in [0.2, 0.25) is 0 Å². The topological polar surface area (TPSA) is 96.2 Å². The first-order chi connectivity index (χ1) is 10.1. The fourth-order valence-corrected chi connectivity index (χ4v) is 2.45. The van der Waals surface area contributed by atoms with E-state index in [1.54, 1.807) is 24.3 Å². The van der Waals surface area contributed by atoms with Crippen LogP contribution in [0.4, 0.5) is 16.2 Å². The molecule has 7 heteroatoms. The summed E-state index contributed by atoms with van der Waals surface area (Å²) in [5.74, 6) is -0.299. The lowest BCUT2D eigenvalue weighted by molar-refractivity contribution is -0.115. The third-order valence-corrected chi connectivity index (χ3v) is 3.58. The zero-order valence-corrected chi connectivity index (χ0v) is 13.2. The third-order valence-electron chi connectivity index (χ3n) is 3.58. The van der Waals surface area contributed by atoms with E-state index in [9.17, 15) is 9.59 Å². The largest absolute Gasteiger partial charge is 0.397 e. The Bertz CT molecular complexity index is 504. The number of carbonyl (C=O) groups excluding carboxylic acids is 2. The van der Waals surface area contributed by atoms with Gasteiger partial charge >= 0.3 is 6.03 Å². The van der Waals surface area contributed by atoms with Gasteiger partial charge in [0.1, 0.15) is 0 Å². The molecule has 0 saturated heterocycles. The monoisotopic (exact) mass is 326 g/mol. The number of nitrogens with two attached hydrogens (primary N) is 1. The maximum Gasteiger partial charge on any atom is 0.315 e. The number of urea groups is 1. The molecule has 1 aliphatic carbocycles. The van der Waals surface area contributed by atoms with E-state index in [2.05, 4.69) is 16.0 Å². The Labute approximate surface area is 136 Å². The average Bonchev–Trinajstić information content (AvgIpc) is 2.49. The molecule has 0 aliphatic heterocycles. The van der Waals surface area contributed by atoms with Gasteiger partial charge < -0.3 is 21.7 Å². The first-order valence-corrected chi connectivity index (χ1v) is 7.34. The summed E-state index contributed by atoms with van der Waals surface area (Å²) in [5.41, 5.74) is 6.78. The van der Waals surface area contributed by atoms with Crippen molar-refractivity contribution in [1.82, 2.24) is 10.6 Å². The summed E-state index contributed by atoms with van der Waals surface area (Å²) in [6.07, 6.45) is 5.57. The van der Waals surface area contributed by atoms with E-state index in [0.717, 1.165) is 25.7 Å². The Kier molecular flexibility index (Phi) is 7.52. The fraction of sp³-hybridized carbons (Fsp3) is 0.467. The van der Waals surface area contributed by atoms with E-state index >= 15 is 0 Å². The molecule has 122 valence electrons. The highest BCUT2D eigenvalue weighted by atomic mass is 35.5. The molecule has 0 atom stereocenters. The second-order valence-electron chi connectivity index (χ2n) is 5.30. The van der Waals surface area contributed by atoms with Crippen molar-refractivity contribution in [2.24, 2.45) is 0 Å². The predicted molar refractivity (Wildman–Crippen MR) is 90.1 cm³/mol. The molecule has 0 aromatic heterocycles. The Hall–Kier alpha value is -1.95. The molecule has 1 aromatic rings. The van der Waals surface area contributed by atoms with Gasteiger partial charge in [-0.15, -0.1) is 12.4 Å². The average molecular weight is 327 g/mol. The number of nitrogens with one attached hydrogen (secondary N) is 3. The quantitative estimate of drug-likeness (QED) is 0.639. The SMILES string of the molecule is Cl.Nc1ccccc1NC(=O)CNC(=O)NC1CCCCC1. The lowest BCUT2D eigenvalue weighted by atomic mass is 9.96. The Balaban J connectivity index is 0.00000242. The number of halogens is 1. The third kappa shape index (κ3) is 5.81. The minimum Gasteiger partial charge on any atom is -0.397 e. The van der Waals surface area contributed by atoms with Crippen molar-refractivity contribution < 1.29 is 9.59 Å². The molecule has 0 bridgehead atoms. The second kappa shape index (κ2) is 9.15. The molecule has 5 N–H and O–H groups in total. The summed E-state index contributed by atoms with van der Waals surface area (Å²) >= 11 is 0. The van der Waals surface area contributed by atoms with Crippen molar-refractivity contribution in [2.45, 2.75) is 38.1 Å². The van der Waals surface area contributed by atoms with Crippen molar-refractivity contribution >= 4 is 35.7 Å². The van der Waals surface area contributed by atoms with Crippen LogP contribution in [-0.2, 0) is 4.79 Å². The van der Waals surface area contributed by atoms with Gasteiger partial charge in [0, 0.05) is 6.04 Å². The van der Waals surface area contributed by atoms with Gasteiger partial charge in [-0.3, -0.25) is 4.79 Å². The number of anilines is 2. The standard InChI is InChI=1S/C15H22N4O2.ClH/c16-12-8-4-5-9-13(12)19-14(20)10-17-15(21)18-11-6-2-1-3-7-11;/h4-5,8-9,11H,1-3,6-7,10,16H2,(H,19,20)(H2,17,18,21);1H. The number of hydrogen-bond donors (Lipinski definition) is 4. The zero-order valence-electron chi connectivity index (χ0n) is 12.4. The number of amides is 3. The highest BCUT2D eigenvalue weighted by Gasteiger charge is 2.15. The minimum atomic E-state index is -0.299. The number of nitrogen functional groups attached to an aromatic ring is 1. The summed E-state index contributed by atoms with van der Waals surface area (Å²) in [6, 6.07) is 6.94. The molecule has 0 heterocycles. The van der Waals surface area contributed by atoms with Crippen molar-refractivity contribution in [1.29, 1.82) is 0 Å². The van der Waals surface area contributed by atoms with Crippen molar-refractivity contribution in [3.63, 3.8) is 0 Å². The zero-order chi connectivity index (χ0) is 15.1. The van der Waals surface area contributed by atoms with E-state index in [1.165, 1.54) is 6.42 Å². The highest BCUT2D eigenvalue weighted by molar-refractivity contribution is 5.96. The highest BCUT2D eigenvalue weighted by Crippen LogP contribution is 2.17. The molecule has 2 rings (SSSR count). The van der Waals surface area contributed by atoms with Gasteiger partial charge in [0.05, 0.1) is 17.9 Å². The molecule has 3 amide bonds. The predicted octanol–water partition coefficient (Wildman–Crippen LogP) is 2.26. The van der Waals surface area contributed by atoms with Gasteiger partial charge in [-0.25, -0.2) is 4.79 Å². The summed E-state index contributed by atoms with van der Waals surface area (Å²) in [4.78, 5) is 23.5. The van der Waals surface area contributed by atoms with E-state index < -0.39 is 0 Å². The summed E-state index contributed by atoms with van der Waals surface area (Å²) in [5, 5.41) is 8.12. The maximum atomic E-state index is 11.8. The number of carbonyl (C=O) groups is 2. The normalized spacial score (nSPS) is 14.5. The van der Waals surface area contributed by atoms with Crippen LogP contribution in [0.1, 0.15) is 32.1 Å². The van der Waals surface area contributed by atoms with E-state index in [-0.39, 0.29) is 36.9 Å². The Morgan fingerprint density at radius 2 is 1.82 bits per heavy atom. The van der Waals surface area contributed by atoms with E-state index in [1.807, 2.05) is 0 Å². The molecule has 1 fully saturated rings. The number of para-hydroxylation sites is 2. The molecule has 0 unspecified atom stereocenters. The van der Waals surface area contributed by atoms with Crippen LogP contribution in [0.15, 0.2) is 24.3 Å². The van der Waals surface area contributed by atoms with Crippen LogP contribution in [0.3, 0.4) is 0 Å². The van der Waals surface area contributed by atoms with Gasteiger partial charge in [0.25, 0.3) is 0 Å². The minimum absolute atomic E-state index is 0. The van der Waals surface area contributed by atoms with Gasteiger partial charge in [0.2, 0.25) is 5.91 Å². The van der Waals surface area contributed by atoms with Crippen molar-refractivity contribution in [3.8, 4) is 0 Å². The van der Waals surface area contributed by atoms with E-state index in [4.69, 9.17) is 5.73 Å². The van der Waals surface area contributed by atoms with Crippen LogP contribution >= 0.6 is 12.4 Å². The molecule has 6 nitrogen and oxygen atoms in total. The smallest absolute Gasteiger partial charge is 0.315 e. The van der Waals surface area contributed by atoms with Crippen LogP contribution in [-0.4, -0.2) is 24.5 Å². The molecule has 1 aromatic carbocycles. The summed E-state index contributed by atoms with van der Waals surface area (Å²) < 4.78 is 0. The van der Waals surface area contributed by atoms with Gasteiger partial charge in [-0.05, 0) is 25.0 Å². The molecular formula is C15H23ClN4O2. The van der Waals surface area contributed by atoms with Crippen LogP contribution in [0.25, 0.3) is 0 Å². The molecule has 1 saturated carbocycles. The second-order valence-corrected chi connectivity index (χ2v) is 5.30. The molecular weight excluding hydrogens is 304 g/mol. The molecule has 22 heavy (non-hydrogen) atoms. The van der Waals surface area contributed by atoms with Crippen LogP contribution in [0, 0.1) is 0 Å². The summed E-state index contributed by atoms with van der Waals surface area (Å²) in [6.45, 7) is -0.0765. The Morgan fingerprint density at radius 3 is 2.50 bits per heavy atom. The molecule has 0 spiro atoms. The lowest BCUT2D eigenvalue weighted by Crippen LogP contribution is -2.45. The lowest BCUT2D eigenvalue weighted by Gasteiger charge is -2.22. The van der Waals surface area contributed by atoms with Crippen LogP contribution in [0.5, 0.6) is 0 Å². The summed E-state index contributed by atoms with van der Waals surface area (Å²) in [7, 11) is 0. The van der Waals surface area contributed by atoms with E-state index in [0.29, 0.717) is 11.4 Å². The number of rotatable bonds is 4. The van der Waals surface area contributed by atoms with Gasteiger partial charge in [-0.2, -0.15) is 0 Å².